The monoisotopic (exact) mass is 568 g/mol. The number of carbonyl (C=O) groups excluding carboxylic acids is 2. The molecule has 42 heavy (non-hydrogen) atoms. The van der Waals surface area contributed by atoms with Gasteiger partial charge in [0, 0.05) is 0 Å². The Morgan fingerprint density at radius 1 is 0.476 bits per heavy atom. The lowest BCUT2D eigenvalue weighted by Crippen LogP contribution is -2.66. The number of carbonyl (C=O) groups is 2. The lowest BCUT2D eigenvalue weighted by molar-refractivity contribution is -0.249. The van der Waals surface area contributed by atoms with Crippen LogP contribution in [0, 0.1) is 0 Å². The van der Waals surface area contributed by atoms with E-state index in [1.165, 1.54) is 0 Å². The standard InChI is InChI=1S/C34H32O8/c35-27-28(36)30(40-22-24-15-7-2-8-16-24)32(42-34(38)26-19-11-4-12-20-26)31(41-33(37)25-17-9-3-10-18-25)29(27)39-21-23-13-5-1-6-14-23/h1-20,27-32,35-36H,21-22H2/t27-,28+,29-,30-,31-,32+/m1/s1. The number of aliphatic hydroxyl groups is 2. The zero-order chi connectivity index (χ0) is 29.3. The molecule has 0 saturated heterocycles. The van der Waals surface area contributed by atoms with Gasteiger partial charge in [0.1, 0.15) is 24.4 Å². The molecular weight excluding hydrogens is 536 g/mol. The molecule has 1 aliphatic carbocycles. The van der Waals surface area contributed by atoms with Gasteiger partial charge in [-0.3, -0.25) is 0 Å². The number of benzene rings is 4. The molecule has 1 fully saturated rings. The van der Waals surface area contributed by atoms with Crippen molar-refractivity contribution in [2.75, 3.05) is 0 Å². The van der Waals surface area contributed by atoms with Crippen LogP contribution in [0.4, 0.5) is 0 Å². The Bertz CT molecular complexity index is 1300. The summed E-state index contributed by atoms with van der Waals surface area (Å²) in [4.78, 5) is 26.6. The van der Waals surface area contributed by atoms with Gasteiger partial charge in [-0.2, -0.15) is 0 Å². The largest absolute Gasteiger partial charge is 0.452 e. The van der Waals surface area contributed by atoms with Crippen LogP contribution in [0.25, 0.3) is 0 Å². The molecule has 0 bridgehead atoms. The molecule has 0 aromatic heterocycles. The summed E-state index contributed by atoms with van der Waals surface area (Å²) in [5.41, 5.74) is 2.12. The summed E-state index contributed by atoms with van der Waals surface area (Å²) in [7, 11) is 0. The number of aliphatic hydroxyl groups excluding tert-OH is 2. The van der Waals surface area contributed by atoms with Crippen LogP contribution < -0.4 is 0 Å². The second-order valence-electron chi connectivity index (χ2n) is 9.98. The summed E-state index contributed by atoms with van der Waals surface area (Å²) in [5.74, 6) is -1.42. The Labute approximate surface area is 244 Å². The number of rotatable bonds is 10. The Balaban J connectivity index is 1.49. The zero-order valence-corrected chi connectivity index (χ0v) is 22.8. The van der Waals surface area contributed by atoms with Crippen molar-refractivity contribution in [3.63, 3.8) is 0 Å². The molecule has 6 atom stereocenters. The molecule has 8 heteroatoms. The van der Waals surface area contributed by atoms with E-state index in [9.17, 15) is 19.8 Å². The van der Waals surface area contributed by atoms with E-state index in [-0.39, 0.29) is 24.3 Å². The van der Waals surface area contributed by atoms with Gasteiger partial charge >= 0.3 is 11.9 Å². The summed E-state index contributed by atoms with van der Waals surface area (Å²) < 4.78 is 24.1. The second-order valence-corrected chi connectivity index (χ2v) is 9.98. The predicted molar refractivity (Wildman–Crippen MR) is 153 cm³/mol. The fourth-order valence-electron chi connectivity index (χ4n) is 4.87. The first kappa shape index (κ1) is 29.2. The van der Waals surface area contributed by atoms with E-state index in [0.717, 1.165) is 11.1 Å². The maximum atomic E-state index is 13.3. The minimum absolute atomic E-state index is 0.0452. The zero-order valence-electron chi connectivity index (χ0n) is 22.8. The smallest absolute Gasteiger partial charge is 0.338 e. The molecular formula is C34H32O8. The average molecular weight is 569 g/mol. The third kappa shape index (κ3) is 7.10. The molecule has 5 rings (SSSR count). The van der Waals surface area contributed by atoms with Gasteiger partial charge in [-0.05, 0) is 35.4 Å². The number of hydrogen-bond donors (Lipinski definition) is 2. The fourth-order valence-corrected chi connectivity index (χ4v) is 4.87. The Hall–Kier alpha value is -4.34. The van der Waals surface area contributed by atoms with E-state index in [0.29, 0.717) is 0 Å². The second kappa shape index (κ2) is 14.0. The van der Waals surface area contributed by atoms with Gasteiger partial charge in [-0.25, -0.2) is 9.59 Å². The number of ether oxygens (including phenoxy) is 4. The van der Waals surface area contributed by atoms with Crippen molar-refractivity contribution in [2.45, 2.75) is 49.8 Å². The minimum atomic E-state index is -1.53. The molecule has 1 saturated carbocycles. The van der Waals surface area contributed by atoms with Crippen molar-refractivity contribution >= 4 is 11.9 Å². The predicted octanol–water partition coefficient (Wildman–Crippen LogP) is 4.34. The van der Waals surface area contributed by atoms with E-state index in [1.807, 2.05) is 60.7 Å². The fraction of sp³-hybridized carbons (Fsp3) is 0.235. The summed E-state index contributed by atoms with van der Waals surface area (Å²) in [6.07, 6.45) is -8.22. The highest BCUT2D eigenvalue weighted by atomic mass is 16.6. The first-order chi connectivity index (χ1) is 20.5. The molecule has 216 valence electrons. The highest BCUT2D eigenvalue weighted by molar-refractivity contribution is 5.90. The number of esters is 2. The van der Waals surface area contributed by atoms with E-state index in [1.54, 1.807) is 60.7 Å². The van der Waals surface area contributed by atoms with Gasteiger partial charge in [-0.15, -0.1) is 0 Å². The third-order valence-corrected chi connectivity index (χ3v) is 7.07. The lowest BCUT2D eigenvalue weighted by atomic mass is 9.84. The maximum absolute atomic E-state index is 13.3. The average Bonchev–Trinajstić information content (AvgIpc) is 3.04. The molecule has 1 aliphatic rings. The van der Waals surface area contributed by atoms with Gasteiger partial charge in [0.05, 0.1) is 24.3 Å². The van der Waals surface area contributed by atoms with Crippen molar-refractivity contribution in [1.82, 2.24) is 0 Å². The maximum Gasteiger partial charge on any atom is 0.338 e. The molecule has 0 aliphatic heterocycles. The van der Waals surface area contributed by atoms with E-state index >= 15 is 0 Å². The van der Waals surface area contributed by atoms with Crippen LogP contribution in [0.1, 0.15) is 31.8 Å². The Morgan fingerprint density at radius 2 is 0.786 bits per heavy atom. The van der Waals surface area contributed by atoms with Gasteiger partial charge in [0.15, 0.2) is 12.2 Å². The molecule has 0 heterocycles. The van der Waals surface area contributed by atoms with Gasteiger partial charge in [0.25, 0.3) is 0 Å². The molecule has 0 unspecified atom stereocenters. The van der Waals surface area contributed by atoms with Crippen molar-refractivity contribution < 1.29 is 38.7 Å². The van der Waals surface area contributed by atoms with Gasteiger partial charge < -0.3 is 29.2 Å². The van der Waals surface area contributed by atoms with Crippen LogP contribution in [-0.4, -0.2) is 58.8 Å². The van der Waals surface area contributed by atoms with Crippen molar-refractivity contribution in [2.24, 2.45) is 0 Å². The molecule has 0 spiro atoms. The summed E-state index contributed by atoms with van der Waals surface area (Å²) in [5, 5.41) is 22.6. The first-order valence-corrected chi connectivity index (χ1v) is 13.7. The van der Waals surface area contributed by atoms with Crippen LogP contribution in [0.3, 0.4) is 0 Å². The third-order valence-electron chi connectivity index (χ3n) is 7.07. The highest BCUT2D eigenvalue weighted by Gasteiger charge is 2.55. The van der Waals surface area contributed by atoms with Crippen molar-refractivity contribution in [3.8, 4) is 0 Å². The SMILES string of the molecule is O=C(O[C@@H]1[C@H](OC(=O)c2ccccc2)[C@H](OCc2ccccc2)[C@H](O)[C@H](O)[C@H]1OCc1ccccc1)c1ccccc1. The molecule has 8 nitrogen and oxygen atoms in total. The highest BCUT2D eigenvalue weighted by Crippen LogP contribution is 2.33. The summed E-state index contributed by atoms with van der Waals surface area (Å²) >= 11 is 0. The van der Waals surface area contributed by atoms with Gasteiger partial charge in [-0.1, -0.05) is 97.1 Å². The Morgan fingerprint density at radius 3 is 1.12 bits per heavy atom. The normalized spacial score (nSPS) is 23.6. The summed E-state index contributed by atoms with van der Waals surface area (Å²) in [6.45, 7) is 0.0904. The first-order valence-electron chi connectivity index (χ1n) is 13.7. The molecule has 4 aromatic carbocycles. The molecule has 2 N–H and O–H groups in total. The number of hydrogen-bond acceptors (Lipinski definition) is 8. The van der Waals surface area contributed by atoms with Crippen LogP contribution in [0.5, 0.6) is 0 Å². The van der Waals surface area contributed by atoms with E-state index in [4.69, 9.17) is 18.9 Å². The minimum Gasteiger partial charge on any atom is -0.452 e. The van der Waals surface area contributed by atoms with Crippen LogP contribution >= 0.6 is 0 Å². The molecule has 0 amide bonds. The van der Waals surface area contributed by atoms with Crippen molar-refractivity contribution in [1.29, 1.82) is 0 Å². The van der Waals surface area contributed by atoms with Crippen LogP contribution in [0.2, 0.25) is 0 Å². The van der Waals surface area contributed by atoms with Crippen molar-refractivity contribution in [3.05, 3.63) is 144 Å². The van der Waals surface area contributed by atoms with Gasteiger partial charge in [0.2, 0.25) is 0 Å². The molecule has 0 radical (unpaired) electrons. The Kier molecular flexibility index (Phi) is 9.74. The van der Waals surface area contributed by atoms with E-state index in [2.05, 4.69) is 0 Å². The topological polar surface area (TPSA) is 112 Å². The quantitative estimate of drug-likeness (QED) is 0.272. The van der Waals surface area contributed by atoms with Crippen LogP contribution in [0.15, 0.2) is 121 Å². The molecule has 4 aromatic rings. The lowest BCUT2D eigenvalue weighted by Gasteiger charge is -2.46. The van der Waals surface area contributed by atoms with Crippen LogP contribution in [-0.2, 0) is 32.2 Å². The summed E-state index contributed by atoms with van der Waals surface area (Å²) in [6, 6.07) is 35.1. The van der Waals surface area contributed by atoms with E-state index < -0.39 is 48.6 Å².